The lowest BCUT2D eigenvalue weighted by atomic mass is 10.0. The molecule has 0 radical (unpaired) electrons. The van der Waals surface area contributed by atoms with Crippen molar-refractivity contribution in [2.45, 2.75) is 35.9 Å². The largest absolute Gasteiger partial charge is 0.330 e. The molecule has 0 amide bonds. The van der Waals surface area contributed by atoms with Gasteiger partial charge in [0, 0.05) is 12.6 Å². The van der Waals surface area contributed by atoms with Crippen LogP contribution < -0.4 is 5.73 Å². The maximum absolute atomic E-state index is 12.6. The number of rotatable bonds is 4. The molecule has 1 atom stereocenters. The van der Waals surface area contributed by atoms with Gasteiger partial charge in [0.2, 0.25) is 0 Å². The van der Waals surface area contributed by atoms with Crippen molar-refractivity contribution in [2.24, 2.45) is 5.73 Å². The van der Waals surface area contributed by atoms with Gasteiger partial charge < -0.3 is 5.73 Å². The van der Waals surface area contributed by atoms with Crippen LogP contribution in [0.2, 0.25) is 0 Å². The first kappa shape index (κ1) is 17.4. The molecule has 1 aromatic rings. The van der Waals surface area contributed by atoms with Crippen molar-refractivity contribution in [2.75, 3.05) is 13.1 Å². The molecule has 0 saturated carbocycles. The summed E-state index contributed by atoms with van der Waals surface area (Å²) in [6.45, 7) is 1.15. The van der Waals surface area contributed by atoms with E-state index in [0.717, 1.165) is 29.5 Å². The average Bonchev–Trinajstić information content (AvgIpc) is 2.78. The van der Waals surface area contributed by atoms with Crippen molar-refractivity contribution in [3.63, 3.8) is 0 Å². The summed E-state index contributed by atoms with van der Waals surface area (Å²) in [4.78, 5) is 0. The molecule has 0 aliphatic carbocycles. The van der Waals surface area contributed by atoms with Crippen LogP contribution in [0.5, 0.6) is 0 Å². The second-order valence-corrected chi connectivity index (χ2v) is 8.98. The van der Waals surface area contributed by atoms with E-state index in [1.54, 1.807) is 16.4 Å². The van der Waals surface area contributed by atoms with E-state index in [2.05, 4.69) is 15.9 Å². The molecule has 8 heteroatoms. The lowest BCUT2D eigenvalue weighted by Gasteiger charge is -2.34. The van der Waals surface area contributed by atoms with Crippen LogP contribution in [0.1, 0.15) is 25.7 Å². The number of piperidine rings is 1. The Balaban J connectivity index is 0.00000180. The molecule has 0 spiro atoms. The molecule has 0 bridgehead atoms. The molecule has 1 unspecified atom stereocenters. The Hall–Kier alpha value is 0.340. The Morgan fingerprint density at radius 2 is 2.16 bits per heavy atom. The fourth-order valence-corrected chi connectivity index (χ4v) is 6.19. The smallest absolute Gasteiger partial charge is 0.252 e. The highest BCUT2D eigenvalue weighted by molar-refractivity contribution is 9.11. The first-order chi connectivity index (χ1) is 8.55. The molecule has 1 fully saturated rings. The second-order valence-electron chi connectivity index (χ2n) is 4.40. The number of nitrogens with two attached hydrogens (primary N) is 1. The van der Waals surface area contributed by atoms with Crippen molar-refractivity contribution in [3.05, 3.63) is 15.9 Å². The van der Waals surface area contributed by atoms with Crippen LogP contribution in [0.3, 0.4) is 0 Å². The van der Waals surface area contributed by atoms with Crippen LogP contribution in [0, 0.1) is 0 Å². The van der Waals surface area contributed by atoms with E-state index in [1.807, 2.05) is 0 Å². The maximum Gasteiger partial charge on any atom is 0.252 e. The zero-order valence-electron chi connectivity index (χ0n) is 10.4. The van der Waals surface area contributed by atoms with E-state index in [-0.39, 0.29) is 18.4 Å². The molecule has 1 aliphatic heterocycles. The molecular weight excluding hydrogens is 372 g/mol. The minimum absolute atomic E-state index is 0. The Morgan fingerprint density at radius 1 is 1.42 bits per heavy atom. The molecule has 0 aromatic carbocycles. The summed E-state index contributed by atoms with van der Waals surface area (Å²) in [5.41, 5.74) is 5.58. The normalized spacial score (nSPS) is 21.1. The first-order valence-electron chi connectivity index (χ1n) is 6.03. The van der Waals surface area contributed by atoms with Gasteiger partial charge in [0.05, 0.1) is 3.79 Å². The fourth-order valence-electron chi connectivity index (χ4n) is 2.32. The van der Waals surface area contributed by atoms with Crippen molar-refractivity contribution >= 4 is 49.7 Å². The third-order valence-electron chi connectivity index (χ3n) is 3.18. The van der Waals surface area contributed by atoms with Gasteiger partial charge >= 0.3 is 0 Å². The monoisotopic (exact) mass is 388 g/mol. The zero-order chi connectivity index (χ0) is 13.2. The molecule has 1 aliphatic rings. The van der Waals surface area contributed by atoms with Crippen molar-refractivity contribution in [1.82, 2.24) is 4.31 Å². The highest BCUT2D eigenvalue weighted by atomic mass is 79.9. The number of sulfonamides is 1. The summed E-state index contributed by atoms with van der Waals surface area (Å²) in [5, 5.41) is 0. The summed E-state index contributed by atoms with van der Waals surface area (Å²) in [7, 11) is -3.35. The molecule has 1 aromatic heterocycles. The Labute approximate surface area is 133 Å². The van der Waals surface area contributed by atoms with E-state index >= 15 is 0 Å². The van der Waals surface area contributed by atoms with E-state index in [0.29, 0.717) is 17.3 Å². The van der Waals surface area contributed by atoms with Gasteiger partial charge in [0.25, 0.3) is 10.0 Å². The zero-order valence-corrected chi connectivity index (χ0v) is 14.5. The summed E-state index contributed by atoms with van der Waals surface area (Å²) in [5.74, 6) is 0. The molecule has 2 N–H and O–H groups in total. The van der Waals surface area contributed by atoms with E-state index in [1.165, 1.54) is 11.3 Å². The minimum Gasteiger partial charge on any atom is -0.330 e. The Bertz CT molecular complexity index is 505. The van der Waals surface area contributed by atoms with Crippen LogP contribution in [0.25, 0.3) is 0 Å². The standard InChI is InChI=1S/C11H17BrN2O2S2.ClH/c12-10-4-5-11(17-10)18(15,16)14-8-2-1-3-9(14)6-7-13;/h4-5,9H,1-3,6-8,13H2;1H. The molecule has 1 saturated heterocycles. The minimum atomic E-state index is -3.35. The van der Waals surface area contributed by atoms with Gasteiger partial charge in [-0.25, -0.2) is 8.42 Å². The van der Waals surface area contributed by atoms with Gasteiger partial charge in [-0.1, -0.05) is 6.42 Å². The fraction of sp³-hybridized carbons (Fsp3) is 0.636. The summed E-state index contributed by atoms with van der Waals surface area (Å²) < 4.78 is 28.0. The molecule has 110 valence electrons. The third kappa shape index (κ3) is 3.92. The Kier molecular flexibility index (Phi) is 6.75. The number of hydrogen-bond donors (Lipinski definition) is 1. The van der Waals surface area contributed by atoms with Gasteiger partial charge in [0.15, 0.2) is 0 Å². The summed E-state index contributed by atoms with van der Waals surface area (Å²) in [6.07, 6.45) is 3.69. The van der Waals surface area contributed by atoms with Crippen LogP contribution in [-0.4, -0.2) is 31.9 Å². The van der Waals surface area contributed by atoms with Crippen LogP contribution in [0.4, 0.5) is 0 Å². The van der Waals surface area contributed by atoms with Gasteiger partial charge in [-0.3, -0.25) is 0 Å². The maximum atomic E-state index is 12.6. The lowest BCUT2D eigenvalue weighted by Crippen LogP contribution is -2.44. The van der Waals surface area contributed by atoms with Crippen LogP contribution in [-0.2, 0) is 10.0 Å². The topological polar surface area (TPSA) is 63.4 Å². The van der Waals surface area contributed by atoms with Gasteiger partial charge in [-0.05, 0) is 53.9 Å². The Morgan fingerprint density at radius 3 is 2.74 bits per heavy atom. The van der Waals surface area contributed by atoms with E-state index in [4.69, 9.17) is 5.73 Å². The lowest BCUT2D eigenvalue weighted by molar-refractivity contribution is 0.243. The van der Waals surface area contributed by atoms with E-state index < -0.39 is 10.0 Å². The number of nitrogens with zero attached hydrogens (tertiary/aromatic N) is 1. The highest BCUT2D eigenvalue weighted by Gasteiger charge is 2.33. The number of thiophene rings is 1. The summed E-state index contributed by atoms with van der Waals surface area (Å²) in [6, 6.07) is 3.51. The van der Waals surface area contributed by atoms with Gasteiger partial charge in [-0.2, -0.15) is 4.31 Å². The predicted molar refractivity (Wildman–Crippen MR) is 84.5 cm³/mol. The second kappa shape index (κ2) is 7.38. The molecule has 2 rings (SSSR count). The molecule has 2 heterocycles. The number of hydrogen-bond acceptors (Lipinski definition) is 4. The van der Waals surface area contributed by atoms with Crippen LogP contribution in [0.15, 0.2) is 20.1 Å². The molecular formula is C11H18BrClN2O2S2. The predicted octanol–water partition coefficient (Wildman–Crippen LogP) is 2.82. The molecule has 19 heavy (non-hydrogen) atoms. The van der Waals surface area contributed by atoms with Crippen molar-refractivity contribution in [3.8, 4) is 0 Å². The number of halogens is 2. The van der Waals surface area contributed by atoms with Gasteiger partial charge in [-0.15, -0.1) is 23.7 Å². The SMILES string of the molecule is Cl.NCCC1CCCCN1S(=O)(=O)c1ccc(Br)s1. The first-order valence-corrected chi connectivity index (χ1v) is 9.08. The van der Waals surface area contributed by atoms with E-state index in [9.17, 15) is 8.42 Å². The average molecular weight is 390 g/mol. The quantitative estimate of drug-likeness (QED) is 0.861. The molecule has 4 nitrogen and oxygen atoms in total. The van der Waals surface area contributed by atoms with Crippen molar-refractivity contribution in [1.29, 1.82) is 0 Å². The van der Waals surface area contributed by atoms with Crippen molar-refractivity contribution < 1.29 is 8.42 Å². The summed E-state index contributed by atoms with van der Waals surface area (Å²) >= 11 is 4.57. The third-order valence-corrected chi connectivity index (χ3v) is 7.23. The highest BCUT2D eigenvalue weighted by Crippen LogP contribution is 2.32. The van der Waals surface area contributed by atoms with Gasteiger partial charge in [0.1, 0.15) is 4.21 Å². The van der Waals surface area contributed by atoms with Crippen LogP contribution >= 0.6 is 39.7 Å².